The first-order valence-electron chi connectivity index (χ1n) is 10.7. The van der Waals surface area contributed by atoms with E-state index in [1.54, 1.807) is 6.92 Å². The normalized spacial score (nSPS) is 12.9. The number of esters is 1. The predicted molar refractivity (Wildman–Crippen MR) is 123 cm³/mol. The van der Waals surface area contributed by atoms with Gasteiger partial charge in [0.15, 0.2) is 0 Å². The van der Waals surface area contributed by atoms with Crippen molar-refractivity contribution in [2.45, 2.75) is 83.7 Å². The summed E-state index contributed by atoms with van der Waals surface area (Å²) in [5, 5.41) is 0. The summed E-state index contributed by atoms with van der Waals surface area (Å²) in [7, 11) is 0. The molecule has 0 amide bonds. The van der Waals surface area contributed by atoms with Gasteiger partial charge in [0.25, 0.3) is 0 Å². The fourth-order valence-corrected chi connectivity index (χ4v) is 3.48. The van der Waals surface area contributed by atoms with Crippen LogP contribution in [0.15, 0.2) is 30.3 Å². The number of hydrogen-bond acceptors (Lipinski definition) is 5. The van der Waals surface area contributed by atoms with E-state index in [0.29, 0.717) is 4.43 Å². The van der Waals surface area contributed by atoms with E-state index < -0.39 is 17.5 Å². The third kappa shape index (κ3) is 11.0. The van der Waals surface area contributed by atoms with Gasteiger partial charge < -0.3 is 4.74 Å². The molecule has 0 N–H and O–H groups in total. The van der Waals surface area contributed by atoms with Crippen LogP contribution < -0.4 is 0 Å². The molecule has 0 saturated carbocycles. The summed E-state index contributed by atoms with van der Waals surface area (Å²) >= 11 is 2.15. The lowest BCUT2D eigenvalue weighted by molar-refractivity contribution is -0.325. The highest BCUT2D eigenvalue weighted by Gasteiger charge is 2.31. The lowest BCUT2D eigenvalue weighted by atomic mass is 9.99. The van der Waals surface area contributed by atoms with Crippen LogP contribution in [0.4, 0.5) is 0 Å². The Bertz CT molecular complexity index is 578. The summed E-state index contributed by atoms with van der Waals surface area (Å²) < 4.78 is 5.54. The van der Waals surface area contributed by atoms with Crippen molar-refractivity contribution in [2.24, 2.45) is 0 Å². The first kappa shape index (κ1) is 25.9. The number of halogens is 1. The van der Waals surface area contributed by atoms with E-state index in [4.69, 9.17) is 14.5 Å². The third-order valence-electron chi connectivity index (χ3n) is 4.84. The number of alkyl halides is 1. The van der Waals surface area contributed by atoms with Crippen LogP contribution in [0, 0.1) is 0 Å². The SMILES string of the molecule is CCCCCCCCCCCCOC(=O)C(=O)OOC(C)(CI)c1ccccc1. The second-order valence-electron chi connectivity index (χ2n) is 7.50. The molecule has 0 spiro atoms. The molecule has 164 valence electrons. The highest BCUT2D eigenvalue weighted by Crippen LogP contribution is 2.28. The Morgan fingerprint density at radius 3 is 1.97 bits per heavy atom. The van der Waals surface area contributed by atoms with Crippen molar-refractivity contribution in [3.8, 4) is 0 Å². The maximum absolute atomic E-state index is 11.8. The summed E-state index contributed by atoms with van der Waals surface area (Å²) in [6, 6.07) is 9.43. The summed E-state index contributed by atoms with van der Waals surface area (Å²) in [4.78, 5) is 33.6. The van der Waals surface area contributed by atoms with Crippen molar-refractivity contribution in [2.75, 3.05) is 11.0 Å². The molecular weight excluding hydrogens is 483 g/mol. The van der Waals surface area contributed by atoms with E-state index in [1.165, 1.54) is 44.9 Å². The standard InChI is InChI=1S/C23H35IO5/c1-3-4-5-6-7-8-9-10-11-15-18-27-21(25)22(26)28-29-23(2,19-24)20-16-13-12-14-17-20/h12-14,16-17H,3-11,15,18-19H2,1-2H3. The Morgan fingerprint density at radius 2 is 1.41 bits per heavy atom. The van der Waals surface area contributed by atoms with Crippen molar-refractivity contribution in [1.82, 2.24) is 0 Å². The maximum Gasteiger partial charge on any atom is 0.449 e. The van der Waals surface area contributed by atoms with Crippen LogP contribution >= 0.6 is 22.6 Å². The van der Waals surface area contributed by atoms with Crippen LogP contribution in [0.25, 0.3) is 0 Å². The molecule has 0 radical (unpaired) electrons. The molecule has 1 atom stereocenters. The van der Waals surface area contributed by atoms with Crippen molar-refractivity contribution in [1.29, 1.82) is 0 Å². The summed E-state index contributed by atoms with van der Waals surface area (Å²) in [6.07, 6.45) is 12.0. The Kier molecular flexibility index (Phi) is 14.0. The van der Waals surface area contributed by atoms with Gasteiger partial charge in [0, 0.05) is 4.43 Å². The number of benzene rings is 1. The molecule has 1 unspecified atom stereocenters. The van der Waals surface area contributed by atoms with E-state index in [9.17, 15) is 9.59 Å². The first-order valence-corrected chi connectivity index (χ1v) is 12.2. The van der Waals surface area contributed by atoms with Gasteiger partial charge in [-0.05, 0) is 18.9 Å². The van der Waals surface area contributed by atoms with E-state index >= 15 is 0 Å². The van der Waals surface area contributed by atoms with Crippen molar-refractivity contribution >= 4 is 34.5 Å². The molecule has 29 heavy (non-hydrogen) atoms. The van der Waals surface area contributed by atoms with Gasteiger partial charge in [0.2, 0.25) is 0 Å². The van der Waals surface area contributed by atoms with Gasteiger partial charge in [-0.3, -0.25) is 4.89 Å². The minimum atomic E-state index is -1.12. The lowest BCUT2D eigenvalue weighted by Crippen LogP contribution is -2.31. The second kappa shape index (κ2) is 15.7. The molecule has 5 nitrogen and oxygen atoms in total. The lowest BCUT2D eigenvalue weighted by Gasteiger charge is -2.25. The molecule has 0 aliphatic heterocycles. The Balaban J connectivity index is 2.13. The summed E-state index contributed by atoms with van der Waals surface area (Å²) in [6.45, 7) is 4.26. The highest BCUT2D eigenvalue weighted by atomic mass is 127. The molecule has 0 aromatic heterocycles. The molecule has 1 aromatic rings. The maximum atomic E-state index is 11.8. The van der Waals surface area contributed by atoms with E-state index in [0.717, 1.165) is 24.8 Å². The molecule has 1 rings (SSSR count). The van der Waals surface area contributed by atoms with E-state index in [1.807, 2.05) is 30.3 Å². The van der Waals surface area contributed by atoms with E-state index in [-0.39, 0.29) is 6.61 Å². The zero-order valence-corrected chi connectivity index (χ0v) is 19.9. The number of carbonyl (C=O) groups excluding carboxylic acids is 2. The fourth-order valence-electron chi connectivity index (χ4n) is 2.92. The summed E-state index contributed by atoms with van der Waals surface area (Å²) in [5.41, 5.74) is 0.0369. The zero-order valence-electron chi connectivity index (χ0n) is 17.8. The van der Waals surface area contributed by atoms with Crippen LogP contribution in [0.2, 0.25) is 0 Å². The van der Waals surface area contributed by atoms with Crippen LogP contribution in [0.5, 0.6) is 0 Å². The minimum Gasteiger partial charge on any atom is -0.457 e. The molecule has 0 bridgehead atoms. The van der Waals surface area contributed by atoms with Crippen molar-refractivity contribution < 1.29 is 24.1 Å². The van der Waals surface area contributed by atoms with Gasteiger partial charge in [-0.2, -0.15) is 4.89 Å². The molecule has 1 aromatic carbocycles. The molecular formula is C23H35IO5. The Hall–Kier alpha value is -1.15. The monoisotopic (exact) mass is 518 g/mol. The fraction of sp³-hybridized carbons (Fsp3) is 0.652. The smallest absolute Gasteiger partial charge is 0.449 e. The average Bonchev–Trinajstić information content (AvgIpc) is 2.76. The minimum absolute atomic E-state index is 0.229. The number of carbonyl (C=O) groups is 2. The number of ether oxygens (including phenoxy) is 1. The predicted octanol–water partition coefficient (Wildman–Crippen LogP) is 6.28. The first-order chi connectivity index (χ1) is 14.0. The number of rotatable bonds is 15. The zero-order chi connectivity index (χ0) is 21.4. The molecule has 0 aliphatic rings. The highest BCUT2D eigenvalue weighted by molar-refractivity contribution is 14.1. The second-order valence-corrected chi connectivity index (χ2v) is 8.27. The molecule has 0 saturated heterocycles. The Morgan fingerprint density at radius 1 is 0.862 bits per heavy atom. The van der Waals surface area contributed by atoms with Gasteiger partial charge in [0.1, 0.15) is 5.60 Å². The van der Waals surface area contributed by atoms with Gasteiger partial charge in [-0.25, -0.2) is 9.59 Å². The van der Waals surface area contributed by atoms with Gasteiger partial charge >= 0.3 is 11.9 Å². The van der Waals surface area contributed by atoms with Gasteiger partial charge in [0.05, 0.1) is 6.61 Å². The molecule has 6 heteroatoms. The number of hydrogen-bond donors (Lipinski definition) is 0. The van der Waals surface area contributed by atoms with Gasteiger partial charge in [-0.15, -0.1) is 0 Å². The molecule has 0 fully saturated rings. The largest absolute Gasteiger partial charge is 0.457 e. The number of unbranched alkanes of at least 4 members (excludes halogenated alkanes) is 9. The summed E-state index contributed by atoms with van der Waals surface area (Å²) in [5.74, 6) is -2.13. The third-order valence-corrected chi connectivity index (χ3v) is 6.29. The van der Waals surface area contributed by atoms with Crippen molar-refractivity contribution in [3.63, 3.8) is 0 Å². The van der Waals surface area contributed by atoms with Crippen LogP contribution in [0.3, 0.4) is 0 Å². The topological polar surface area (TPSA) is 61.8 Å². The molecule has 0 aliphatic carbocycles. The molecule has 0 heterocycles. The Labute approximate surface area is 188 Å². The van der Waals surface area contributed by atoms with Crippen molar-refractivity contribution in [3.05, 3.63) is 35.9 Å². The van der Waals surface area contributed by atoms with Gasteiger partial charge in [-0.1, -0.05) is 118 Å². The van der Waals surface area contributed by atoms with E-state index in [2.05, 4.69) is 29.5 Å². The average molecular weight is 518 g/mol. The van der Waals surface area contributed by atoms with Crippen LogP contribution in [-0.4, -0.2) is 23.0 Å². The van der Waals surface area contributed by atoms with Crippen LogP contribution in [-0.2, 0) is 29.7 Å². The van der Waals surface area contributed by atoms with Crippen LogP contribution in [0.1, 0.15) is 83.6 Å². The quantitative estimate of drug-likeness (QED) is 0.0521.